The molecule has 1 unspecified atom stereocenters. The summed E-state index contributed by atoms with van der Waals surface area (Å²) in [4.78, 5) is 27.2. The van der Waals surface area contributed by atoms with E-state index in [2.05, 4.69) is 0 Å². The molecule has 2 heterocycles. The molecule has 21 heavy (non-hydrogen) atoms. The summed E-state index contributed by atoms with van der Waals surface area (Å²) in [5.41, 5.74) is 6.77. The summed E-state index contributed by atoms with van der Waals surface area (Å²) in [5, 5.41) is 9.12. The molecule has 112 valence electrons. The third-order valence-electron chi connectivity index (χ3n) is 4.35. The van der Waals surface area contributed by atoms with Gasteiger partial charge in [-0.05, 0) is 24.5 Å². The monoisotopic (exact) mass is 289 g/mol. The quantitative estimate of drug-likeness (QED) is 0.822. The highest BCUT2D eigenvalue weighted by molar-refractivity contribution is 5.96. The second kappa shape index (κ2) is 5.13. The normalized spacial score (nSPS) is 25.1. The minimum absolute atomic E-state index is 0.00888. The SMILES string of the molecule is NC1(C(=O)O)CCN(CC(=O)N2CCc3ccccc32)C1. The van der Waals surface area contributed by atoms with E-state index in [0.29, 0.717) is 19.5 Å². The van der Waals surface area contributed by atoms with Crippen molar-refractivity contribution in [2.45, 2.75) is 18.4 Å². The first-order valence-electron chi connectivity index (χ1n) is 7.12. The van der Waals surface area contributed by atoms with Crippen LogP contribution in [0.25, 0.3) is 0 Å². The molecule has 0 aromatic heterocycles. The summed E-state index contributed by atoms with van der Waals surface area (Å²) < 4.78 is 0. The van der Waals surface area contributed by atoms with Gasteiger partial charge in [0, 0.05) is 25.3 Å². The molecule has 0 spiro atoms. The van der Waals surface area contributed by atoms with Gasteiger partial charge in [-0.2, -0.15) is 0 Å². The number of hydrogen-bond acceptors (Lipinski definition) is 4. The summed E-state index contributed by atoms with van der Waals surface area (Å²) in [7, 11) is 0. The van der Waals surface area contributed by atoms with Crippen LogP contribution in [0.15, 0.2) is 24.3 Å². The Morgan fingerprint density at radius 3 is 2.76 bits per heavy atom. The average molecular weight is 289 g/mol. The van der Waals surface area contributed by atoms with Gasteiger partial charge in [0.1, 0.15) is 5.54 Å². The number of amides is 1. The molecule has 1 amide bonds. The van der Waals surface area contributed by atoms with E-state index in [1.54, 1.807) is 4.90 Å². The molecule has 0 saturated carbocycles. The Labute approximate surface area is 123 Å². The van der Waals surface area contributed by atoms with Gasteiger partial charge in [0.25, 0.3) is 0 Å². The number of fused-ring (bicyclic) bond motifs is 1. The lowest BCUT2D eigenvalue weighted by Gasteiger charge is -2.23. The van der Waals surface area contributed by atoms with E-state index in [0.717, 1.165) is 12.1 Å². The van der Waals surface area contributed by atoms with Crippen LogP contribution in [0.1, 0.15) is 12.0 Å². The van der Waals surface area contributed by atoms with E-state index in [-0.39, 0.29) is 19.0 Å². The first kappa shape index (κ1) is 14.0. The van der Waals surface area contributed by atoms with Crippen LogP contribution < -0.4 is 10.6 Å². The molecule has 0 radical (unpaired) electrons. The molecule has 6 heteroatoms. The molecule has 2 aliphatic rings. The third-order valence-corrected chi connectivity index (χ3v) is 4.35. The Kier molecular flexibility index (Phi) is 3.43. The zero-order valence-electron chi connectivity index (χ0n) is 11.8. The zero-order valence-corrected chi connectivity index (χ0v) is 11.8. The summed E-state index contributed by atoms with van der Waals surface area (Å²) in [5.74, 6) is -0.987. The Hall–Kier alpha value is -1.92. The van der Waals surface area contributed by atoms with Gasteiger partial charge in [-0.15, -0.1) is 0 Å². The number of carboxylic acid groups (broad SMARTS) is 1. The first-order valence-corrected chi connectivity index (χ1v) is 7.12. The molecule has 0 aliphatic carbocycles. The number of hydrogen-bond donors (Lipinski definition) is 2. The number of carbonyl (C=O) groups excluding carboxylic acids is 1. The van der Waals surface area contributed by atoms with Gasteiger partial charge in [-0.1, -0.05) is 18.2 Å². The largest absolute Gasteiger partial charge is 0.480 e. The van der Waals surface area contributed by atoms with Crippen molar-refractivity contribution in [2.24, 2.45) is 5.73 Å². The second-order valence-corrected chi connectivity index (χ2v) is 5.85. The number of anilines is 1. The highest BCUT2D eigenvalue weighted by Crippen LogP contribution is 2.28. The van der Waals surface area contributed by atoms with Crippen molar-refractivity contribution >= 4 is 17.6 Å². The number of rotatable bonds is 3. The van der Waals surface area contributed by atoms with Crippen molar-refractivity contribution in [3.63, 3.8) is 0 Å². The number of benzene rings is 1. The highest BCUT2D eigenvalue weighted by atomic mass is 16.4. The molecule has 1 aromatic rings. The molecule has 3 N–H and O–H groups in total. The fourth-order valence-corrected chi connectivity index (χ4v) is 3.10. The summed E-state index contributed by atoms with van der Waals surface area (Å²) >= 11 is 0. The molecule has 1 aromatic carbocycles. The predicted molar refractivity (Wildman–Crippen MR) is 78.1 cm³/mol. The van der Waals surface area contributed by atoms with Crippen molar-refractivity contribution in [1.82, 2.24) is 4.90 Å². The van der Waals surface area contributed by atoms with Crippen LogP contribution in [-0.4, -0.2) is 53.6 Å². The molecular formula is C15H19N3O3. The van der Waals surface area contributed by atoms with Gasteiger partial charge in [-0.3, -0.25) is 14.5 Å². The lowest BCUT2D eigenvalue weighted by atomic mass is 10.0. The maximum absolute atomic E-state index is 12.4. The number of nitrogens with two attached hydrogens (primary N) is 1. The first-order chi connectivity index (χ1) is 9.99. The molecule has 0 bridgehead atoms. The van der Waals surface area contributed by atoms with Gasteiger partial charge in [0.15, 0.2) is 0 Å². The van der Waals surface area contributed by atoms with Gasteiger partial charge < -0.3 is 15.7 Å². The van der Waals surface area contributed by atoms with E-state index in [1.165, 1.54) is 5.56 Å². The van der Waals surface area contributed by atoms with E-state index >= 15 is 0 Å². The van der Waals surface area contributed by atoms with E-state index < -0.39 is 11.5 Å². The second-order valence-electron chi connectivity index (χ2n) is 5.85. The molecule has 6 nitrogen and oxygen atoms in total. The van der Waals surface area contributed by atoms with Crippen molar-refractivity contribution in [2.75, 3.05) is 31.1 Å². The van der Waals surface area contributed by atoms with Crippen molar-refractivity contribution < 1.29 is 14.7 Å². The van der Waals surface area contributed by atoms with Crippen LogP contribution in [0.3, 0.4) is 0 Å². The number of nitrogens with zero attached hydrogens (tertiary/aromatic N) is 2. The molecule has 3 rings (SSSR count). The van der Waals surface area contributed by atoms with Crippen LogP contribution in [0.2, 0.25) is 0 Å². The topological polar surface area (TPSA) is 86.9 Å². The minimum Gasteiger partial charge on any atom is -0.480 e. The zero-order chi connectivity index (χ0) is 15.0. The van der Waals surface area contributed by atoms with Crippen molar-refractivity contribution in [3.05, 3.63) is 29.8 Å². The number of para-hydroxylation sites is 1. The summed E-state index contributed by atoms with van der Waals surface area (Å²) in [6.07, 6.45) is 1.25. The minimum atomic E-state index is -1.22. The standard InChI is InChI=1S/C15H19N3O3/c16-15(14(20)21)6-8-17(10-15)9-13(19)18-7-5-11-3-1-2-4-12(11)18/h1-4H,5-10,16H2,(H,20,21). The molecular weight excluding hydrogens is 270 g/mol. The van der Waals surface area contributed by atoms with Crippen LogP contribution in [0.4, 0.5) is 5.69 Å². The summed E-state index contributed by atoms with van der Waals surface area (Å²) in [6.45, 7) is 1.69. The molecule has 1 atom stereocenters. The van der Waals surface area contributed by atoms with E-state index in [9.17, 15) is 9.59 Å². The average Bonchev–Trinajstić information content (AvgIpc) is 3.03. The van der Waals surface area contributed by atoms with Crippen molar-refractivity contribution in [1.29, 1.82) is 0 Å². The van der Waals surface area contributed by atoms with Crippen LogP contribution >= 0.6 is 0 Å². The van der Waals surface area contributed by atoms with E-state index in [4.69, 9.17) is 10.8 Å². The van der Waals surface area contributed by atoms with Gasteiger partial charge in [0.05, 0.1) is 6.54 Å². The number of likely N-dealkylation sites (tertiary alicyclic amines) is 1. The fraction of sp³-hybridized carbons (Fsp3) is 0.467. The highest BCUT2D eigenvalue weighted by Gasteiger charge is 2.42. The Morgan fingerprint density at radius 1 is 1.29 bits per heavy atom. The molecule has 1 fully saturated rings. The smallest absolute Gasteiger partial charge is 0.325 e. The number of carboxylic acids is 1. The lowest BCUT2D eigenvalue weighted by molar-refractivity contribution is -0.143. The number of carbonyl (C=O) groups is 2. The maximum Gasteiger partial charge on any atom is 0.325 e. The van der Waals surface area contributed by atoms with Gasteiger partial charge in [0.2, 0.25) is 5.91 Å². The van der Waals surface area contributed by atoms with Crippen LogP contribution in [0.5, 0.6) is 0 Å². The predicted octanol–water partition coefficient (Wildman–Crippen LogP) is 0.0635. The Bertz CT molecular complexity index is 589. The van der Waals surface area contributed by atoms with Crippen LogP contribution in [-0.2, 0) is 16.0 Å². The fourth-order valence-electron chi connectivity index (χ4n) is 3.10. The van der Waals surface area contributed by atoms with Gasteiger partial charge >= 0.3 is 5.97 Å². The maximum atomic E-state index is 12.4. The Morgan fingerprint density at radius 2 is 2.05 bits per heavy atom. The molecule has 2 aliphatic heterocycles. The Balaban J connectivity index is 1.65. The van der Waals surface area contributed by atoms with Crippen LogP contribution in [0, 0.1) is 0 Å². The lowest BCUT2D eigenvalue weighted by Crippen LogP contribution is -2.51. The number of aliphatic carboxylic acids is 1. The third kappa shape index (κ3) is 2.52. The van der Waals surface area contributed by atoms with Gasteiger partial charge in [-0.25, -0.2) is 0 Å². The molecule has 1 saturated heterocycles. The van der Waals surface area contributed by atoms with E-state index in [1.807, 2.05) is 29.2 Å². The van der Waals surface area contributed by atoms with Crippen molar-refractivity contribution in [3.8, 4) is 0 Å². The summed E-state index contributed by atoms with van der Waals surface area (Å²) in [6, 6.07) is 7.89.